The third-order valence-corrected chi connectivity index (χ3v) is 1.38. The molecule has 0 heterocycles. The number of hydrogen-bond donors (Lipinski definition) is 1. The first-order valence-electron chi connectivity index (χ1n) is 3.28. The molecule has 1 N–H and O–H groups in total. The molecule has 0 amide bonds. The van der Waals surface area contributed by atoms with Crippen LogP contribution in [0.5, 0.6) is 0 Å². The maximum absolute atomic E-state index is 10.6. The molecule has 66 valence electrons. The van der Waals surface area contributed by atoms with E-state index < -0.39 is 5.97 Å². The summed E-state index contributed by atoms with van der Waals surface area (Å²) in [5.41, 5.74) is 0.488. The Balaban J connectivity index is 4.32. The minimum Gasteiger partial charge on any atom is -0.466 e. The standard InChI is InChI=1S/C8H10ClNO2/c1-3-6(8(9)10)4-5-7(11)12-2/h3-5,10H,1-2H3/b5-4+,6-3+,10-8?. The molecular weight excluding hydrogens is 178 g/mol. The highest BCUT2D eigenvalue weighted by Gasteiger charge is 1.97. The van der Waals surface area contributed by atoms with Gasteiger partial charge in [0.2, 0.25) is 0 Å². The lowest BCUT2D eigenvalue weighted by atomic mass is 10.2. The van der Waals surface area contributed by atoms with Crippen molar-refractivity contribution in [1.82, 2.24) is 0 Å². The molecule has 0 saturated heterocycles. The van der Waals surface area contributed by atoms with Crippen molar-refractivity contribution in [3.05, 3.63) is 23.8 Å². The SMILES string of the molecule is C/C=C(\C=C\C(=O)OC)C(=N)Cl. The fraction of sp³-hybridized carbons (Fsp3) is 0.250. The molecule has 0 aliphatic rings. The second-order valence-electron chi connectivity index (χ2n) is 1.91. The third kappa shape index (κ3) is 3.93. The minimum atomic E-state index is -0.465. The van der Waals surface area contributed by atoms with Crippen molar-refractivity contribution in [1.29, 1.82) is 5.41 Å². The van der Waals surface area contributed by atoms with Gasteiger partial charge in [0.05, 0.1) is 7.11 Å². The van der Waals surface area contributed by atoms with Gasteiger partial charge >= 0.3 is 5.97 Å². The third-order valence-electron chi connectivity index (χ3n) is 1.16. The molecule has 0 radical (unpaired) electrons. The Morgan fingerprint density at radius 1 is 1.50 bits per heavy atom. The Morgan fingerprint density at radius 2 is 2.08 bits per heavy atom. The summed E-state index contributed by atoms with van der Waals surface area (Å²) in [5.74, 6) is -0.465. The highest BCUT2D eigenvalue weighted by Crippen LogP contribution is 2.02. The minimum absolute atomic E-state index is 0.0994. The smallest absolute Gasteiger partial charge is 0.330 e. The summed E-state index contributed by atoms with van der Waals surface area (Å²) in [6, 6.07) is 0. The van der Waals surface area contributed by atoms with Crippen LogP contribution in [0.3, 0.4) is 0 Å². The van der Waals surface area contributed by atoms with Gasteiger partial charge in [-0.1, -0.05) is 17.7 Å². The number of carbonyl (C=O) groups excluding carboxylic acids is 1. The van der Waals surface area contributed by atoms with Gasteiger partial charge in [0, 0.05) is 11.6 Å². The maximum atomic E-state index is 10.6. The lowest BCUT2D eigenvalue weighted by Crippen LogP contribution is -1.95. The van der Waals surface area contributed by atoms with Crippen LogP contribution in [0.2, 0.25) is 0 Å². The zero-order valence-electron chi connectivity index (χ0n) is 6.93. The quantitative estimate of drug-likeness (QED) is 0.318. The fourth-order valence-corrected chi connectivity index (χ4v) is 0.694. The number of halogens is 1. The van der Waals surface area contributed by atoms with Crippen LogP contribution in [-0.4, -0.2) is 18.2 Å². The average Bonchev–Trinajstić information content (AvgIpc) is 2.04. The highest BCUT2D eigenvalue weighted by molar-refractivity contribution is 6.69. The van der Waals surface area contributed by atoms with E-state index in [1.54, 1.807) is 13.0 Å². The molecule has 0 saturated carbocycles. The second-order valence-corrected chi connectivity index (χ2v) is 2.29. The van der Waals surface area contributed by atoms with Crippen molar-refractivity contribution >= 4 is 22.7 Å². The second kappa shape index (κ2) is 5.55. The van der Waals surface area contributed by atoms with Gasteiger partial charge in [-0.15, -0.1) is 0 Å². The van der Waals surface area contributed by atoms with Gasteiger partial charge in [-0.05, 0) is 13.0 Å². The monoisotopic (exact) mass is 187 g/mol. The van der Waals surface area contributed by atoms with E-state index in [9.17, 15) is 4.79 Å². The molecule has 0 aromatic rings. The van der Waals surface area contributed by atoms with Crippen LogP contribution in [-0.2, 0) is 9.53 Å². The van der Waals surface area contributed by atoms with E-state index in [4.69, 9.17) is 17.0 Å². The summed E-state index contributed by atoms with van der Waals surface area (Å²) in [6.45, 7) is 1.73. The predicted molar refractivity (Wildman–Crippen MR) is 48.5 cm³/mol. The Bertz CT molecular complexity index is 243. The molecule has 0 aromatic heterocycles. The van der Waals surface area contributed by atoms with Crippen molar-refractivity contribution < 1.29 is 9.53 Å². The normalized spacial score (nSPS) is 11.8. The van der Waals surface area contributed by atoms with Crippen molar-refractivity contribution in [2.75, 3.05) is 7.11 Å². The molecule has 0 aliphatic carbocycles. The van der Waals surface area contributed by atoms with Crippen molar-refractivity contribution in [3.8, 4) is 0 Å². The van der Waals surface area contributed by atoms with Crippen LogP contribution in [0.15, 0.2) is 23.8 Å². The first-order valence-corrected chi connectivity index (χ1v) is 3.66. The molecule has 0 aliphatic heterocycles. The largest absolute Gasteiger partial charge is 0.466 e. The maximum Gasteiger partial charge on any atom is 0.330 e. The van der Waals surface area contributed by atoms with E-state index in [1.807, 2.05) is 0 Å². The Kier molecular flexibility index (Phi) is 5.04. The molecule has 3 nitrogen and oxygen atoms in total. The van der Waals surface area contributed by atoms with Crippen molar-refractivity contribution in [2.45, 2.75) is 6.92 Å². The van der Waals surface area contributed by atoms with Gasteiger partial charge in [0.1, 0.15) is 5.17 Å². The average molecular weight is 188 g/mol. The van der Waals surface area contributed by atoms with Gasteiger partial charge in [-0.25, -0.2) is 4.79 Å². The molecule has 12 heavy (non-hydrogen) atoms. The van der Waals surface area contributed by atoms with E-state index in [1.165, 1.54) is 19.3 Å². The number of nitrogens with one attached hydrogen (secondary N) is 1. The van der Waals surface area contributed by atoms with Gasteiger partial charge < -0.3 is 4.74 Å². The summed E-state index contributed by atoms with van der Waals surface area (Å²) in [7, 11) is 1.29. The summed E-state index contributed by atoms with van der Waals surface area (Å²) in [4.78, 5) is 10.6. The lowest BCUT2D eigenvalue weighted by Gasteiger charge is -1.93. The highest BCUT2D eigenvalue weighted by atomic mass is 35.5. The zero-order chi connectivity index (χ0) is 9.56. The van der Waals surface area contributed by atoms with E-state index >= 15 is 0 Å². The van der Waals surface area contributed by atoms with E-state index in [-0.39, 0.29) is 5.17 Å². The van der Waals surface area contributed by atoms with Crippen molar-refractivity contribution in [2.24, 2.45) is 0 Å². The molecule has 0 bridgehead atoms. The predicted octanol–water partition coefficient (Wildman–Crippen LogP) is 1.88. The van der Waals surface area contributed by atoms with Crippen LogP contribution in [0.25, 0.3) is 0 Å². The Labute approximate surface area is 76.2 Å². The number of ether oxygens (including phenoxy) is 1. The topological polar surface area (TPSA) is 50.2 Å². The zero-order valence-corrected chi connectivity index (χ0v) is 7.68. The summed E-state index contributed by atoms with van der Waals surface area (Å²) in [6.07, 6.45) is 4.28. The molecule has 0 fully saturated rings. The number of methoxy groups -OCH3 is 1. The number of rotatable bonds is 3. The van der Waals surface area contributed by atoms with Crippen LogP contribution in [0.4, 0.5) is 0 Å². The van der Waals surface area contributed by atoms with Crippen LogP contribution >= 0.6 is 11.6 Å². The van der Waals surface area contributed by atoms with Crippen LogP contribution < -0.4 is 0 Å². The first kappa shape index (κ1) is 10.9. The number of hydrogen-bond acceptors (Lipinski definition) is 3. The summed E-state index contributed by atoms with van der Waals surface area (Å²) >= 11 is 5.38. The number of esters is 1. The molecule has 0 spiro atoms. The van der Waals surface area contributed by atoms with Gasteiger partial charge in [-0.3, -0.25) is 5.41 Å². The van der Waals surface area contributed by atoms with E-state index in [0.717, 1.165) is 0 Å². The van der Waals surface area contributed by atoms with Crippen molar-refractivity contribution in [3.63, 3.8) is 0 Å². The molecule has 0 unspecified atom stereocenters. The summed E-state index contributed by atoms with van der Waals surface area (Å²) in [5, 5.41) is 6.95. The molecule has 0 atom stereocenters. The first-order chi connectivity index (χ1) is 5.61. The Hall–Kier alpha value is -1.09. The van der Waals surface area contributed by atoms with Crippen LogP contribution in [0, 0.1) is 5.41 Å². The van der Waals surface area contributed by atoms with Crippen LogP contribution in [0.1, 0.15) is 6.92 Å². The van der Waals surface area contributed by atoms with Gasteiger partial charge in [0.25, 0.3) is 0 Å². The summed E-state index contributed by atoms with van der Waals surface area (Å²) < 4.78 is 4.36. The Morgan fingerprint density at radius 3 is 2.42 bits per heavy atom. The lowest BCUT2D eigenvalue weighted by molar-refractivity contribution is -0.134. The van der Waals surface area contributed by atoms with Gasteiger partial charge in [0.15, 0.2) is 0 Å². The fourth-order valence-electron chi connectivity index (χ4n) is 0.522. The van der Waals surface area contributed by atoms with E-state index in [2.05, 4.69) is 4.74 Å². The van der Waals surface area contributed by atoms with E-state index in [0.29, 0.717) is 5.57 Å². The molecule has 4 heteroatoms. The number of carbonyl (C=O) groups is 1. The molecular formula is C8H10ClNO2. The molecule has 0 rings (SSSR count). The van der Waals surface area contributed by atoms with Gasteiger partial charge in [-0.2, -0.15) is 0 Å². The molecule has 0 aromatic carbocycles. The number of allylic oxidation sites excluding steroid dienone is 3.